The number of aryl methyl sites for hydroxylation is 1. The van der Waals surface area contributed by atoms with E-state index in [-0.39, 0.29) is 24.1 Å². The molecule has 0 saturated carbocycles. The highest BCUT2D eigenvalue weighted by atomic mass is 16.6. The second-order valence-corrected chi connectivity index (χ2v) is 5.45. The van der Waals surface area contributed by atoms with Gasteiger partial charge in [-0.15, -0.1) is 0 Å². The molecule has 0 unspecified atom stereocenters. The first-order valence-electron chi connectivity index (χ1n) is 7.31. The van der Waals surface area contributed by atoms with Gasteiger partial charge in [0.1, 0.15) is 5.69 Å². The third-order valence-corrected chi connectivity index (χ3v) is 3.94. The first-order valence-corrected chi connectivity index (χ1v) is 7.31. The molecule has 2 rings (SSSR count). The second-order valence-electron chi connectivity index (χ2n) is 5.45. The predicted octanol–water partition coefficient (Wildman–Crippen LogP) is 1.65. The summed E-state index contributed by atoms with van der Waals surface area (Å²) in [6, 6.07) is 1.36. The zero-order chi connectivity index (χ0) is 15.4. The van der Waals surface area contributed by atoms with Gasteiger partial charge in [-0.1, -0.05) is 6.92 Å². The molecule has 1 aromatic heterocycles. The Morgan fingerprint density at radius 2 is 2.14 bits per heavy atom. The Morgan fingerprint density at radius 1 is 1.48 bits per heavy atom. The molecule has 0 spiro atoms. The topological polar surface area (TPSA) is 88.6 Å². The highest BCUT2D eigenvalue weighted by Gasteiger charge is 2.27. The number of amides is 1. The largest absolute Gasteiger partial charge is 0.396 e. The summed E-state index contributed by atoms with van der Waals surface area (Å²) in [6.45, 7) is 3.89. The number of likely N-dealkylation sites (tertiary alicyclic amines) is 1. The van der Waals surface area contributed by atoms with Gasteiger partial charge in [0.2, 0.25) is 0 Å². The van der Waals surface area contributed by atoms with Gasteiger partial charge >= 0.3 is 0 Å². The number of carbonyl (C=O) groups is 1. The summed E-state index contributed by atoms with van der Waals surface area (Å²) in [7, 11) is 0. The Hall–Kier alpha value is -1.89. The van der Waals surface area contributed by atoms with Gasteiger partial charge in [-0.2, -0.15) is 0 Å². The number of nitro groups is 1. The summed E-state index contributed by atoms with van der Waals surface area (Å²) < 4.78 is 1.67. The Labute approximate surface area is 123 Å². The van der Waals surface area contributed by atoms with Crippen LogP contribution in [0.2, 0.25) is 0 Å². The van der Waals surface area contributed by atoms with Gasteiger partial charge in [0.15, 0.2) is 0 Å². The van der Waals surface area contributed by atoms with Crippen molar-refractivity contribution in [1.29, 1.82) is 0 Å². The van der Waals surface area contributed by atoms with Crippen molar-refractivity contribution in [2.75, 3.05) is 19.7 Å². The van der Waals surface area contributed by atoms with Gasteiger partial charge in [0.05, 0.1) is 11.1 Å². The molecule has 1 saturated heterocycles. The van der Waals surface area contributed by atoms with E-state index in [0.29, 0.717) is 25.3 Å². The van der Waals surface area contributed by atoms with Gasteiger partial charge in [0.25, 0.3) is 11.6 Å². The van der Waals surface area contributed by atoms with Crippen LogP contribution in [0.15, 0.2) is 12.3 Å². The lowest BCUT2D eigenvalue weighted by Crippen LogP contribution is -2.40. The summed E-state index contributed by atoms with van der Waals surface area (Å²) in [4.78, 5) is 24.7. The number of aromatic nitrogens is 1. The number of carbonyl (C=O) groups excluding carboxylic acids is 1. The third-order valence-electron chi connectivity index (χ3n) is 3.94. The van der Waals surface area contributed by atoms with Crippen LogP contribution in [0.1, 0.15) is 36.7 Å². The first-order chi connectivity index (χ1) is 10.1. The number of nitrogens with zero attached hydrogens (tertiary/aromatic N) is 3. The van der Waals surface area contributed by atoms with Crippen molar-refractivity contribution in [1.82, 2.24) is 9.47 Å². The predicted molar refractivity (Wildman–Crippen MR) is 77.1 cm³/mol. The third kappa shape index (κ3) is 3.41. The summed E-state index contributed by atoms with van der Waals surface area (Å²) in [6.07, 6.45) is 3.79. The minimum Gasteiger partial charge on any atom is -0.396 e. The molecule has 0 aliphatic carbocycles. The zero-order valence-corrected chi connectivity index (χ0v) is 12.2. The molecule has 0 bridgehead atoms. The Morgan fingerprint density at radius 3 is 2.67 bits per heavy atom. The number of aliphatic hydroxyl groups excluding tert-OH is 1. The summed E-state index contributed by atoms with van der Waals surface area (Å²) in [5.41, 5.74) is 0.336. The Bertz CT molecular complexity index is 518. The fourth-order valence-corrected chi connectivity index (χ4v) is 2.68. The van der Waals surface area contributed by atoms with Crippen molar-refractivity contribution in [2.24, 2.45) is 5.92 Å². The van der Waals surface area contributed by atoms with Gasteiger partial charge in [0, 0.05) is 32.3 Å². The van der Waals surface area contributed by atoms with E-state index in [4.69, 9.17) is 5.11 Å². The fraction of sp³-hybridized carbons (Fsp3) is 0.643. The van der Waals surface area contributed by atoms with Crippen LogP contribution in [0.25, 0.3) is 0 Å². The van der Waals surface area contributed by atoms with E-state index in [2.05, 4.69) is 0 Å². The fourth-order valence-electron chi connectivity index (χ4n) is 2.68. The number of hydrogen-bond acceptors (Lipinski definition) is 4. The Kier molecular flexibility index (Phi) is 4.95. The lowest BCUT2D eigenvalue weighted by atomic mass is 9.98. The van der Waals surface area contributed by atoms with Crippen molar-refractivity contribution in [3.63, 3.8) is 0 Å². The molecule has 2 heterocycles. The molecule has 0 atom stereocenters. The van der Waals surface area contributed by atoms with E-state index in [1.807, 2.05) is 6.92 Å². The molecule has 1 N–H and O–H groups in total. The van der Waals surface area contributed by atoms with E-state index in [1.165, 1.54) is 12.3 Å². The molecule has 1 aromatic rings. The molecule has 1 aliphatic heterocycles. The summed E-state index contributed by atoms with van der Waals surface area (Å²) in [5.74, 6) is 0.0961. The molecule has 0 radical (unpaired) electrons. The normalized spacial score (nSPS) is 16.2. The van der Waals surface area contributed by atoms with Crippen molar-refractivity contribution in [3.05, 3.63) is 28.1 Å². The van der Waals surface area contributed by atoms with Gasteiger partial charge < -0.3 is 14.6 Å². The minimum atomic E-state index is -0.471. The summed E-state index contributed by atoms with van der Waals surface area (Å²) in [5, 5.41) is 20.0. The van der Waals surface area contributed by atoms with Gasteiger partial charge in [-0.3, -0.25) is 14.9 Å². The molecular weight excluding hydrogens is 274 g/mol. The molecule has 116 valence electrons. The standard InChI is InChI=1S/C14H21N3O4/c1-2-5-16-9-12(17(20)21)8-13(16)14(19)15-6-3-11(10-18)4-7-15/h8-9,11,18H,2-7,10H2,1H3. The Balaban J connectivity index is 2.16. The molecule has 21 heavy (non-hydrogen) atoms. The van der Waals surface area contributed by atoms with Crippen molar-refractivity contribution >= 4 is 11.6 Å². The first kappa shape index (κ1) is 15.5. The van der Waals surface area contributed by atoms with Gasteiger partial charge in [-0.25, -0.2) is 0 Å². The highest BCUT2D eigenvalue weighted by molar-refractivity contribution is 5.93. The lowest BCUT2D eigenvalue weighted by molar-refractivity contribution is -0.384. The second kappa shape index (κ2) is 6.71. The number of rotatable bonds is 5. The lowest BCUT2D eigenvalue weighted by Gasteiger charge is -2.31. The zero-order valence-electron chi connectivity index (χ0n) is 12.2. The minimum absolute atomic E-state index is 0.0444. The average molecular weight is 295 g/mol. The SMILES string of the molecule is CCCn1cc([N+](=O)[O-])cc1C(=O)N1CCC(CO)CC1. The van der Waals surface area contributed by atoms with Crippen molar-refractivity contribution in [3.8, 4) is 0 Å². The maximum Gasteiger partial charge on any atom is 0.287 e. The average Bonchev–Trinajstić information content (AvgIpc) is 2.91. The van der Waals surface area contributed by atoms with Crippen molar-refractivity contribution < 1.29 is 14.8 Å². The van der Waals surface area contributed by atoms with Crippen LogP contribution < -0.4 is 0 Å². The van der Waals surface area contributed by atoms with Crippen LogP contribution in [0.4, 0.5) is 5.69 Å². The van der Waals surface area contributed by atoms with Crippen LogP contribution in [0, 0.1) is 16.0 Å². The van der Waals surface area contributed by atoms with E-state index in [9.17, 15) is 14.9 Å². The monoisotopic (exact) mass is 295 g/mol. The quantitative estimate of drug-likeness (QED) is 0.660. The maximum absolute atomic E-state index is 12.5. The highest BCUT2D eigenvalue weighted by Crippen LogP contribution is 2.22. The van der Waals surface area contributed by atoms with Crippen LogP contribution in [0.3, 0.4) is 0 Å². The molecule has 1 fully saturated rings. The van der Waals surface area contributed by atoms with Crippen LogP contribution in [-0.2, 0) is 6.54 Å². The molecule has 7 nitrogen and oxygen atoms in total. The van der Waals surface area contributed by atoms with Crippen LogP contribution >= 0.6 is 0 Å². The van der Waals surface area contributed by atoms with E-state index in [1.54, 1.807) is 9.47 Å². The number of aliphatic hydroxyl groups is 1. The van der Waals surface area contributed by atoms with E-state index >= 15 is 0 Å². The van der Waals surface area contributed by atoms with Crippen molar-refractivity contribution in [2.45, 2.75) is 32.7 Å². The van der Waals surface area contributed by atoms with Crippen LogP contribution in [-0.4, -0.2) is 45.1 Å². The molecular formula is C14H21N3O4. The smallest absolute Gasteiger partial charge is 0.287 e. The molecule has 1 amide bonds. The summed E-state index contributed by atoms with van der Waals surface area (Å²) >= 11 is 0. The maximum atomic E-state index is 12.5. The van der Waals surface area contributed by atoms with Gasteiger partial charge in [-0.05, 0) is 25.2 Å². The number of hydrogen-bond donors (Lipinski definition) is 1. The molecule has 1 aliphatic rings. The number of piperidine rings is 1. The molecule has 0 aromatic carbocycles. The molecule has 7 heteroatoms. The van der Waals surface area contributed by atoms with E-state index < -0.39 is 4.92 Å². The van der Waals surface area contributed by atoms with E-state index in [0.717, 1.165) is 19.3 Å². The van der Waals surface area contributed by atoms with Crippen LogP contribution in [0.5, 0.6) is 0 Å².